The summed E-state index contributed by atoms with van der Waals surface area (Å²) in [6.45, 7) is -0.109. The Hall–Kier alpha value is -1.70. The van der Waals surface area contributed by atoms with Crippen molar-refractivity contribution in [2.75, 3.05) is 26.5 Å². The van der Waals surface area contributed by atoms with Crippen LogP contribution in [-0.2, 0) is 14.3 Å². The van der Waals surface area contributed by atoms with E-state index in [0.717, 1.165) is 0 Å². The van der Waals surface area contributed by atoms with E-state index in [1.807, 2.05) is 0 Å². The molecule has 0 radical (unpaired) electrons. The predicted molar refractivity (Wildman–Crippen MR) is 67.4 cm³/mol. The maximum atomic E-state index is 11.5. The molecule has 2 aliphatic rings. The Morgan fingerprint density at radius 1 is 1.53 bits per heavy atom. The zero-order valence-corrected chi connectivity index (χ0v) is 11.4. The lowest BCUT2D eigenvalue weighted by Gasteiger charge is -2.43. The number of hydrogen-bond acceptors (Lipinski definition) is 5. The number of carbonyl (C=O) groups excluding carboxylic acids is 2. The molecule has 0 unspecified atom stereocenters. The van der Waals surface area contributed by atoms with E-state index < -0.39 is 12.1 Å². The van der Waals surface area contributed by atoms with Crippen LogP contribution in [0.4, 0.5) is 4.79 Å². The van der Waals surface area contributed by atoms with Gasteiger partial charge in [0.1, 0.15) is 12.3 Å². The van der Waals surface area contributed by atoms with Crippen molar-refractivity contribution in [3.8, 4) is 0 Å². The number of aliphatic carboxylic acids is 1. The van der Waals surface area contributed by atoms with Crippen LogP contribution < -0.4 is 0 Å². The molecule has 1 N–H and O–H groups in total. The lowest BCUT2D eigenvalue weighted by Crippen LogP contribution is -2.54. The summed E-state index contributed by atoms with van der Waals surface area (Å²) >= 11 is 1.49. The minimum Gasteiger partial charge on any atom is -0.477 e. The highest BCUT2D eigenvalue weighted by Gasteiger charge is 2.45. The van der Waals surface area contributed by atoms with Gasteiger partial charge in [-0.05, 0) is 0 Å². The molecule has 0 aliphatic carbocycles. The third kappa shape index (κ3) is 2.53. The summed E-state index contributed by atoms with van der Waals surface area (Å²) in [5.74, 6) is -0.906. The fraction of sp³-hybridized carbons (Fsp3) is 0.545. The van der Waals surface area contributed by atoms with E-state index in [-0.39, 0.29) is 23.6 Å². The minimum atomic E-state index is -1.16. The normalized spacial score (nSPS) is 21.7. The van der Waals surface area contributed by atoms with Crippen molar-refractivity contribution in [3.63, 3.8) is 0 Å². The second kappa shape index (κ2) is 5.12. The van der Waals surface area contributed by atoms with Crippen LogP contribution in [0.25, 0.3) is 0 Å². The monoisotopic (exact) mass is 286 g/mol. The van der Waals surface area contributed by atoms with Gasteiger partial charge in [0.25, 0.3) is 0 Å². The van der Waals surface area contributed by atoms with Crippen LogP contribution >= 0.6 is 11.8 Å². The van der Waals surface area contributed by atoms with E-state index in [2.05, 4.69) is 0 Å². The number of carboxylic acids is 1. The zero-order valence-electron chi connectivity index (χ0n) is 10.6. The number of β-lactam (4-membered cyclic amide) rings is 1. The van der Waals surface area contributed by atoms with Crippen molar-refractivity contribution in [3.05, 3.63) is 11.3 Å². The van der Waals surface area contributed by atoms with Gasteiger partial charge in [0.05, 0.1) is 11.8 Å². The number of carboxylic acid groups (broad SMARTS) is 1. The molecule has 2 heterocycles. The molecule has 1 atom stereocenters. The molecule has 0 saturated carbocycles. The lowest BCUT2D eigenvalue weighted by molar-refractivity contribution is -0.146. The predicted octanol–water partition coefficient (Wildman–Crippen LogP) is 0.329. The molecule has 0 aromatic rings. The summed E-state index contributed by atoms with van der Waals surface area (Å²) in [5.41, 5.74) is 0.420. The molecule has 2 aliphatic heterocycles. The summed E-state index contributed by atoms with van der Waals surface area (Å²) < 4.78 is 4.98. The third-order valence-corrected chi connectivity index (χ3v) is 4.15. The molecular formula is C11H14N2O5S. The van der Waals surface area contributed by atoms with Gasteiger partial charge in [-0.1, -0.05) is 0 Å². The van der Waals surface area contributed by atoms with Crippen molar-refractivity contribution >= 4 is 29.7 Å². The number of nitrogens with zero attached hydrogens (tertiary/aromatic N) is 2. The van der Waals surface area contributed by atoms with E-state index in [9.17, 15) is 19.5 Å². The standard InChI is InChI=1S/C11H14N2O5S/c1-12(2)11(17)18-4-6-5-19-8-3-7(14)13(8)9(6)10(15)16/h8H,3-5H2,1-2H3,(H,15,16)/t8-/m0/s1. The largest absolute Gasteiger partial charge is 0.477 e. The maximum absolute atomic E-state index is 11.5. The smallest absolute Gasteiger partial charge is 0.409 e. The maximum Gasteiger partial charge on any atom is 0.409 e. The highest BCUT2D eigenvalue weighted by molar-refractivity contribution is 8.00. The summed E-state index contributed by atoms with van der Waals surface area (Å²) in [5, 5.41) is 9.12. The Balaban J connectivity index is 2.15. The third-order valence-electron chi connectivity index (χ3n) is 2.87. The van der Waals surface area contributed by atoms with Gasteiger partial charge in [0.2, 0.25) is 5.91 Å². The van der Waals surface area contributed by atoms with Gasteiger partial charge < -0.3 is 14.7 Å². The van der Waals surface area contributed by atoms with Crippen molar-refractivity contribution in [2.24, 2.45) is 0 Å². The number of rotatable bonds is 3. The zero-order chi connectivity index (χ0) is 14.2. The second-order valence-electron chi connectivity index (χ2n) is 4.44. The number of thioether (sulfide) groups is 1. The van der Waals surface area contributed by atoms with E-state index in [1.54, 1.807) is 14.1 Å². The molecule has 7 nitrogen and oxygen atoms in total. The molecule has 1 fully saturated rings. The molecule has 0 spiro atoms. The molecule has 2 rings (SSSR count). The van der Waals surface area contributed by atoms with E-state index in [1.165, 1.54) is 21.6 Å². The van der Waals surface area contributed by atoms with Crippen LogP contribution in [0.1, 0.15) is 6.42 Å². The quantitative estimate of drug-likeness (QED) is 0.752. The fourth-order valence-corrected chi connectivity index (χ4v) is 3.11. The number of fused-ring (bicyclic) bond motifs is 1. The molecule has 19 heavy (non-hydrogen) atoms. The highest BCUT2D eigenvalue weighted by atomic mass is 32.2. The van der Waals surface area contributed by atoms with Crippen LogP contribution in [0.5, 0.6) is 0 Å². The average molecular weight is 286 g/mol. The van der Waals surface area contributed by atoms with Gasteiger partial charge in [0, 0.05) is 25.4 Å². The van der Waals surface area contributed by atoms with Crippen molar-refractivity contribution < 1.29 is 24.2 Å². The molecule has 104 valence electrons. The van der Waals surface area contributed by atoms with Crippen LogP contribution in [0.3, 0.4) is 0 Å². The summed E-state index contributed by atoms with van der Waals surface area (Å²) in [6, 6.07) is 0. The van der Waals surface area contributed by atoms with Crippen LogP contribution in [0, 0.1) is 0 Å². The van der Waals surface area contributed by atoms with Crippen LogP contribution in [-0.4, -0.2) is 64.7 Å². The number of amides is 2. The molecular weight excluding hydrogens is 272 g/mol. The van der Waals surface area contributed by atoms with Gasteiger partial charge in [-0.25, -0.2) is 9.59 Å². The van der Waals surface area contributed by atoms with Crippen molar-refractivity contribution in [1.82, 2.24) is 9.80 Å². The highest BCUT2D eigenvalue weighted by Crippen LogP contribution is 2.39. The summed E-state index contributed by atoms with van der Waals surface area (Å²) in [4.78, 5) is 36.6. The lowest BCUT2D eigenvalue weighted by atomic mass is 10.1. The van der Waals surface area contributed by atoms with Crippen LogP contribution in [0.15, 0.2) is 11.3 Å². The molecule has 0 bridgehead atoms. The van der Waals surface area contributed by atoms with Gasteiger partial charge in [-0.2, -0.15) is 0 Å². The molecule has 0 aromatic carbocycles. The van der Waals surface area contributed by atoms with Crippen molar-refractivity contribution in [2.45, 2.75) is 11.8 Å². The second-order valence-corrected chi connectivity index (χ2v) is 5.61. The minimum absolute atomic E-state index is 0.0356. The summed E-state index contributed by atoms with van der Waals surface area (Å²) in [7, 11) is 3.08. The van der Waals surface area contributed by atoms with E-state index >= 15 is 0 Å². The van der Waals surface area contributed by atoms with Crippen LogP contribution in [0.2, 0.25) is 0 Å². The first-order chi connectivity index (χ1) is 8.91. The molecule has 0 aromatic heterocycles. The Bertz CT molecular complexity index is 474. The Morgan fingerprint density at radius 2 is 2.21 bits per heavy atom. The summed E-state index contributed by atoms with van der Waals surface area (Å²) in [6.07, 6.45) is -0.175. The molecule has 1 saturated heterocycles. The first-order valence-electron chi connectivity index (χ1n) is 5.65. The Labute approximate surface area is 114 Å². The topological polar surface area (TPSA) is 87.2 Å². The van der Waals surface area contributed by atoms with Gasteiger partial charge >= 0.3 is 12.1 Å². The Kier molecular flexibility index (Phi) is 3.70. The molecule has 2 amide bonds. The number of hydrogen-bond donors (Lipinski definition) is 1. The average Bonchev–Trinajstić information content (AvgIpc) is 2.34. The molecule has 8 heteroatoms. The SMILES string of the molecule is CN(C)C(=O)OCC1=C(C(=O)O)N2C(=O)C[C@@H]2SC1. The van der Waals surface area contributed by atoms with Crippen molar-refractivity contribution in [1.29, 1.82) is 0 Å². The van der Waals surface area contributed by atoms with Gasteiger partial charge in [-0.3, -0.25) is 9.69 Å². The van der Waals surface area contributed by atoms with Gasteiger partial charge in [0.15, 0.2) is 0 Å². The number of carbonyl (C=O) groups is 3. The van der Waals surface area contributed by atoms with Gasteiger partial charge in [-0.15, -0.1) is 11.8 Å². The first kappa shape index (κ1) is 13.7. The first-order valence-corrected chi connectivity index (χ1v) is 6.69. The van der Waals surface area contributed by atoms with E-state index in [0.29, 0.717) is 17.7 Å². The number of ether oxygens (including phenoxy) is 1. The fourth-order valence-electron chi connectivity index (χ4n) is 1.87. The Morgan fingerprint density at radius 3 is 2.74 bits per heavy atom. The van der Waals surface area contributed by atoms with E-state index in [4.69, 9.17) is 4.74 Å².